The second-order valence-electron chi connectivity index (χ2n) is 4.41. The van der Waals surface area contributed by atoms with Crippen LogP contribution in [-0.4, -0.2) is 42.3 Å². The summed E-state index contributed by atoms with van der Waals surface area (Å²) in [4.78, 5) is 11.0. The maximum absolute atomic E-state index is 13.6. The lowest BCUT2D eigenvalue weighted by atomic mass is 10.2. The second kappa shape index (κ2) is 6.52. The Morgan fingerprint density at radius 3 is 1.58 bits per heavy atom. The Balaban J connectivity index is 5.87. The average Bonchev–Trinajstić information content (AvgIpc) is 2.34. The highest BCUT2D eigenvalue weighted by molar-refractivity contribution is 5.79. The van der Waals surface area contributed by atoms with Gasteiger partial charge in [-0.05, 0) is 13.3 Å². The van der Waals surface area contributed by atoms with Gasteiger partial charge in [0.05, 0.1) is 6.10 Å². The minimum absolute atomic E-state index is 0.255. The van der Waals surface area contributed by atoms with Gasteiger partial charge >= 0.3 is 36.2 Å². The molecule has 0 radical (unpaired) electrons. The minimum Gasteiger partial charge on any atom is -0.458 e. The van der Waals surface area contributed by atoms with E-state index in [0.29, 0.717) is 0 Å². The molecule has 0 saturated heterocycles. The van der Waals surface area contributed by atoms with Gasteiger partial charge < -0.3 is 4.74 Å². The van der Waals surface area contributed by atoms with Gasteiger partial charge in [-0.1, -0.05) is 6.92 Å². The minimum atomic E-state index is -7.22. The van der Waals surface area contributed by atoms with Crippen molar-refractivity contribution < 1.29 is 62.6 Å². The van der Waals surface area contributed by atoms with Crippen molar-refractivity contribution in [1.29, 1.82) is 0 Å². The smallest absolute Gasteiger partial charge is 0.458 e. The molecule has 0 aliphatic carbocycles. The van der Waals surface area contributed by atoms with Crippen LogP contribution in [0.2, 0.25) is 0 Å². The number of rotatable bonds is 6. The lowest BCUT2D eigenvalue weighted by Gasteiger charge is -2.34. The number of ether oxygens (including phenoxy) is 2. The van der Waals surface area contributed by atoms with Crippen molar-refractivity contribution in [2.24, 2.45) is 0 Å². The summed E-state index contributed by atoms with van der Waals surface area (Å²) in [6, 6.07) is 0. The van der Waals surface area contributed by atoms with Crippen LogP contribution >= 0.6 is 0 Å². The second-order valence-corrected chi connectivity index (χ2v) is 4.41. The summed E-state index contributed by atoms with van der Waals surface area (Å²) >= 11 is 0. The Labute approximate surface area is 126 Å². The van der Waals surface area contributed by atoms with E-state index in [0.717, 1.165) is 6.92 Å². The number of hydrogen-bond donors (Lipinski definition) is 0. The molecule has 0 aliphatic rings. The van der Waals surface area contributed by atoms with Crippen LogP contribution in [0.25, 0.3) is 0 Å². The van der Waals surface area contributed by atoms with Crippen LogP contribution in [0, 0.1) is 0 Å². The van der Waals surface area contributed by atoms with Crippen molar-refractivity contribution in [2.75, 3.05) is 0 Å². The molecule has 0 amide bonds. The number of alkyl halides is 11. The molecule has 144 valence electrons. The predicted molar refractivity (Wildman–Crippen MR) is 52.8 cm³/mol. The lowest BCUT2D eigenvalue weighted by molar-refractivity contribution is -0.475. The van der Waals surface area contributed by atoms with Gasteiger partial charge in [0.2, 0.25) is 0 Å². The Morgan fingerprint density at radius 2 is 1.29 bits per heavy atom. The zero-order valence-electron chi connectivity index (χ0n) is 11.7. The van der Waals surface area contributed by atoms with E-state index in [1.165, 1.54) is 6.92 Å². The molecule has 0 rings (SSSR count). The zero-order valence-corrected chi connectivity index (χ0v) is 11.7. The molecular formula is C10H9F11O3. The van der Waals surface area contributed by atoms with E-state index in [4.69, 9.17) is 0 Å². The highest BCUT2D eigenvalue weighted by atomic mass is 19.4. The summed E-state index contributed by atoms with van der Waals surface area (Å²) in [7, 11) is 0. The van der Waals surface area contributed by atoms with E-state index in [2.05, 4.69) is 4.74 Å². The Kier molecular flexibility index (Phi) is 6.15. The monoisotopic (exact) mass is 386 g/mol. The van der Waals surface area contributed by atoms with Gasteiger partial charge in [0.15, 0.2) is 0 Å². The molecule has 0 aliphatic heterocycles. The number of carbonyl (C=O) groups excluding carboxylic acids is 1. The summed E-state index contributed by atoms with van der Waals surface area (Å²) < 4.78 is 143. The van der Waals surface area contributed by atoms with Crippen LogP contribution in [0.1, 0.15) is 20.3 Å². The maximum atomic E-state index is 13.6. The summed E-state index contributed by atoms with van der Waals surface area (Å²) in [6.45, 7) is 2.07. The summed E-state index contributed by atoms with van der Waals surface area (Å²) in [5.41, 5.74) is 0. The van der Waals surface area contributed by atoms with Gasteiger partial charge in [-0.25, -0.2) is 4.79 Å². The van der Waals surface area contributed by atoms with Crippen LogP contribution in [0.3, 0.4) is 0 Å². The van der Waals surface area contributed by atoms with Crippen molar-refractivity contribution in [3.63, 3.8) is 0 Å². The maximum Gasteiger partial charge on any atom is 0.462 e. The quantitative estimate of drug-likeness (QED) is 0.503. The van der Waals surface area contributed by atoms with Crippen LogP contribution < -0.4 is 0 Å². The SMILES string of the molecule is CC[C@@H](C)OC(=O)[C@](F)(OC(F)(F)C(F)(F)C(F)(F)F)C(F)(F)F. The van der Waals surface area contributed by atoms with E-state index in [9.17, 15) is 53.1 Å². The molecule has 0 unspecified atom stereocenters. The molecule has 24 heavy (non-hydrogen) atoms. The molecule has 0 bridgehead atoms. The molecule has 0 fully saturated rings. The molecule has 0 spiro atoms. The van der Waals surface area contributed by atoms with Crippen LogP contribution in [0.5, 0.6) is 0 Å². The first-order valence-corrected chi connectivity index (χ1v) is 5.82. The fourth-order valence-electron chi connectivity index (χ4n) is 0.963. The largest absolute Gasteiger partial charge is 0.462 e. The molecule has 0 aromatic carbocycles. The van der Waals surface area contributed by atoms with E-state index in [1.54, 1.807) is 0 Å². The number of hydrogen-bond acceptors (Lipinski definition) is 3. The molecule has 0 aromatic rings. The molecule has 0 aromatic heterocycles. The van der Waals surface area contributed by atoms with Gasteiger partial charge in [-0.3, -0.25) is 4.74 Å². The molecule has 0 N–H and O–H groups in total. The van der Waals surface area contributed by atoms with Crippen LogP contribution in [-0.2, 0) is 14.3 Å². The number of esters is 1. The van der Waals surface area contributed by atoms with Crippen molar-refractivity contribution in [2.45, 2.75) is 56.6 Å². The van der Waals surface area contributed by atoms with E-state index >= 15 is 0 Å². The zero-order chi connectivity index (χ0) is 19.8. The molecule has 14 heteroatoms. The first-order chi connectivity index (χ1) is 10.3. The van der Waals surface area contributed by atoms with Gasteiger partial charge in [0.25, 0.3) is 0 Å². The van der Waals surface area contributed by atoms with Gasteiger partial charge in [-0.15, -0.1) is 0 Å². The third-order valence-corrected chi connectivity index (χ3v) is 2.50. The molecule has 3 nitrogen and oxygen atoms in total. The Hall–Kier alpha value is -1.34. The fourth-order valence-corrected chi connectivity index (χ4v) is 0.963. The summed E-state index contributed by atoms with van der Waals surface area (Å²) in [5.74, 6) is -16.7. The standard InChI is InChI=1S/C10H9F11O3/c1-3-4(2)23-5(22)6(11,8(14,15)16)24-10(20,21)7(12,13)9(17,18)19/h4H,3H2,1-2H3/t4-,6+/m1/s1. The highest BCUT2D eigenvalue weighted by Crippen LogP contribution is 2.51. The van der Waals surface area contributed by atoms with E-state index in [-0.39, 0.29) is 6.42 Å². The Morgan fingerprint density at radius 1 is 0.875 bits per heavy atom. The Bertz CT molecular complexity index is 456. The van der Waals surface area contributed by atoms with E-state index < -0.39 is 42.3 Å². The summed E-state index contributed by atoms with van der Waals surface area (Å²) in [6.07, 6.45) is -22.7. The molecular weight excluding hydrogens is 377 g/mol. The van der Waals surface area contributed by atoms with Gasteiger partial charge in [-0.2, -0.15) is 48.3 Å². The highest BCUT2D eigenvalue weighted by Gasteiger charge is 2.80. The third-order valence-electron chi connectivity index (χ3n) is 2.50. The topological polar surface area (TPSA) is 35.5 Å². The van der Waals surface area contributed by atoms with Crippen molar-refractivity contribution in [1.82, 2.24) is 0 Å². The number of carbonyl (C=O) groups is 1. The van der Waals surface area contributed by atoms with Crippen LogP contribution in [0.15, 0.2) is 0 Å². The predicted octanol–water partition coefficient (Wildman–Crippen LogP) is 4.36. The van der Waals surface area contributed by atoms with Crippen LogP contribution in [0.4, 0.5) is 48.3 Å². The summed E-state index contributed by atoms with van der Waals surface area (Å²) in [5, 5.41) is 0. The average molecular weight is 386 g/mol. The normalized spacial score (nSPS) is 18.0. The molecule has 0 heterocycles. The van der Waals surface area contributed by atoms with Crippen molar-refractivity contribution >= 4 is 5.97 Å². The van der Waals surface area contributed by atoms with E-state index in [1.807, 2.05) is 4.74 Å². The lowest BCUT2D eigenvalue weighted by Crippen LogP contribution is -2.62. The number of halogens is 11. The molecule has 2 atom stereocenters. The third kappa shape index (κ3) is 4.19. The fraction of sp³-hybridized carbons (Fsp3) is 0.900. The molecule has 0 saturated carbocycles. The van der Waals surface area contributed by atoms with Crippen molar-refractivity contribution in [3.8, 4) is 0 Å². The van der Waals surface area contributed by atoms with Crippen molar-refractivity contribution in [3.05, 3.63) is 0 Å². The van der Waals surface area contributed by atoms with Gasteiger partial charge in [0, 0.05) is 0 Å². The first-order valence-electron chi connectivity index (χ1n) is 5.82. The van der Waals surface area contributed by atoms with Gasteiger partial charge in [0.1, 0.15) is 0 Å². The first kappa shape index (κ1) is 22.7.